The van der Waals surface area contributed by atoms with E-state index in [0.717, 1.165) is 31.4 Å². The molecule has 3 heterocycles. The number of nitrogens with zero attached hydrogens (tertiary/aromatic N) is 3. The van der Waals surface area contributed by atoms with Gasteiger partial charge in [-0.2, -0.15) is 0 Å². The number of carbonyl (C=O) groups excluding carboxylic acids is 1. The summed E-state index contributed by atoms with van der Waals surface area (Å²) in [6, 6.07) is 8.07. The molecule has 0 aliphatic carbocycles. The highest BCUT2D eigenvalue weighted by Gasteiger charge is 2.16. The van der Waals surface area contributed by atoms with Gasteiger partial charge in [-0.05, 0) is 49.6 Å². The number of likely N-dealkylation sites (tertiary alicyclic amines) is 1. The van der Waals surface area contributed by atoms with Crippen molar-refractivity contribution >= 4 is 22.5 Å². The predicted molar refractivity (Wildman–Crippen MR) is 103 cm³/mol. The Bertz CT molecular complexity index is 1030. The lowest BCUT2D eigenvalue weighted by molar-refractivity contribution is -0.131. The van der Waals surface area contributed by atoms with Gasteiger partial charge >= 0.3 is 0 Å². The predicted octanol–water partition coefficient (Wildman–Crippen LogP) is 3.58. The molecule has 0 N–H and O–H groups in total. The Kier molecular flexibility index (Phi) is 4.97. The summed E-state index contributed by atoms with van der Waals surface area (Å²) in [5, 5.41) is 0. The molecule has 1 saturated heterocycles. The average Bonchev–Trinajstić information content (AvgIpc) is 2.99. The molecule has 0 radical (unpaired) electrons. The van der Waals surface area contributed by atoms with E-state index in [1.165, 1.54) is 25.0 Å². The van der Waals surface area contributed by atoms with Gasteiger partial charge in [0.1, 0.15) is 11.3 Å². The maximum absolute atomic E-state index is 13.8. The van der Waals surface area contributed by atoms with Crippen LogP contribution in [0.4, 0.5) is 4.39 Å². The van der Waals surface area contributed by atoms with Gasteiger partial charge in [-0.3, -0.25) is 9.59 Å². The molecule has 0 bridgehead atoms. The van der Waals surface area contributed by atoms with Gasteiger partial charge < -0.3 is 13.9 Å². The monoisotopic (exact) mass is 369 g/mol. The average molecular weight is 369 g/mol. The summed E-state index contributed by atoms with van der Waals surface area (Å²) in [7, 11) is 0. The first kappa shape index (κ1) is 17.8. The zero-order valence-corrected chi connectivity index (χ0v) is 15.4. The van der Waals surface area contributed by atoms with Crippen LogP contribution in [0.25, 0.3) is 16.6 Å². The second-order valence-corrected chi connectivity index (χ2v) is 7.25. The molecule has 4 rings (SSSR count). The molecule has 0 unspecified atom stereocenters. The number of amides is 1. The molecule has 3 aromatic rings. The molecule has 5 nitrogen and oxygen atoms in total. The van der Waals surface area contributed by atoms with Crippen LogP contribution in [0.15, 0.2) is 41.3 Å². The van der Waals surface area contributed by atoms with Gasteiger partial charge in [0.2, 0.25) is 5.91 Å². The van der Waals surface area contributed by atoms with Gasteiger partial charge in [0.05, 0.1) is 11.0 Å². The number of halogens is 1. The van der Waals surface area contributed by atoms with Gasteiger partial charge in [0.25, 0.3) is 5.56 Å². The zero-order chi connectivity index (χ0) is 18.8. The minimum atomic E-state index is -0.372. The van der Waals surface area contributed by atoms with Crippen LogP contribution >= 0.6 is 0 Å². The van der Waals surface area contributed by atoms with Crippen molar-refractivity contribution in [1.29, 1.82) is 0 Å². The Morgan fingerprint density at radius 3 is 2.56 bits per heavy atom. The summed E-state index contributed by atoms with van der Waals surface area (Å²) in [6.45, 7) is 2.08. The van der Waals surface area contributed by atoms with Crippen LogP contribution in [0, 0.1) is 5.82 Å². The van der Waals surface area contributed by atoms with Crippen molar-refractivity contribution in [2.75, 3.05) is 13.1 Å². The fourth-order valence-electron chi connectivity index (χ4n) is 4.02. The summed E-state index contributed by atoms with van der Waals surface area (Å²) in [4.78, 5) is 27.3. The van der Waals surface area contributed by atoms with Crippen molar-refractivity contribution in [3.05, 3.63) is 52.7 Å². The lowest BCUT2D eigenvalue weighted by Gasteiger charge is -2.20. The Morgan fingerprint density at radius 1 is 1.00 bits per heavy atom. The summed E-state index contributed by atoms with van der Waals surface area (Å²) < 4.78 is 17.2. The SMILES string of the molecule is O=C(CCCn1c(=O)c2cccn2c2ccc(F)cc21)N1CCCCCC1. The largest absolute Gasteiger partial charge is 0.343 e. The summed E-state index contributed by atoms with van der Waals surface area (Å²) >= 11 is 0. The lowest BCUT2D eigenvalue weighted by Crippen LogP contribution is -2.32. The number of aromatic nitrogens is 2. The van der Waals surface area contributed by atoms with Gasteiger partial charge in [-0.1, -0.05) is 12.8 Å². The minimum absolute atomic E-state index is 0.152. The van der Waals surface area contributed by atoms with Gasteiger partial charge in [0, 0.05) is 32.3 Å². The summed E-state index contributed by atoms with van der Waals surface area (Å²) in [5.41, 5.74) is 1.76. The van der Waals surface area contributed by atoms with E-state index in [-0.39, 0.29) is 17.3 Å². The zero-order valence-electron chi connectivity index (χ0n) is 15.4. The first-order chi connectivity index (χ1) is 13.1. The van der Waals surface area contributed by atoms with Gasteiger partial charge in [-0.15, -0.1) is 0 Å². The minimum Gasteiger partial charge on any atom is -0.343 e. The van der Waals surface area contributed by atoms with Crippen LogP contribution in [0.1, 0.15) is 38.5 Å². The Balaban J connectivity index is 1.57. The molecule has 1 aliphatic rings. The third kappa shape index (κ3) is 3.48. The lowest BCUT2D eigenvalue weighted by atomic mass is 10.2. The van der Waals surface area contributed by atoms with Crippen molar-refractivity contribution in [1.82, 2.24) is 13.9 Å². The molecule has 1 aromatic carbocycles. The number of rotatable bonds is 4. The molecule has 1 fully saturated rings. The highest BCUT2D eigenvalue weighted by atomic mass is 19.1. The topological polar surface area (TPSA) is 46.7 Å². The fourth-order valence-corrected chi connectivity index (χ4v) is 4.02. The second kappa shape index (κ2) is 7.55. The Morgan fingerprint density at radius 2 is 1.78 bits per heavy atom. The maximum atomic E-state index is 13.8. The van der Waals surface area contributed by atoms with Crippen molar-refractivity contribution in [2.24, 2.45) is 0 Å². The van der Waals surface area contributed by atoms with Crippen molar-refractivity contribution in [3.8, 4) is 0 Å². The molecule has 1 aliphatic heterocycles. The Hall–Kier alpha value is -2.63. The molecular weight excluding hydrogens is 345 g/mol. The number of carbonyl (C=O) groups is 1. The molecular formula is C21H24FN3O2. The number of hydrogen-bond donors (Lipinski definition) is 0. The van der Waals surface area contributed by atoms with Crippen LogP contribution in [0.3, 0.4) is 0 Å². The quantitative estimate of drug-likeness (QED) is 0.706. The van der Waals surface area contributed by atoms with Crippen molar-refractivity contribution in [2.45, 2.75) is 45.1 Å². The van der Waals surface area contributed by atoms with Crippen LogP contribution < -0.4 is 5.56 Å². The van der Waals surface area contributed by atoms with E-state index in [1.54, 1.807) is 21.1 Å². The second-order valence-electron chi connectivity index (χ2n) is 7.25. The number of fused-ring (bicyclic) bond motifs is 3. The fraction of sp³-hybridized carbons (Fsp3) is 0.429. The normalized spacial score (nSPS) is 15.4. The molecule has 142 valence electrons. The molecule has 0 saturated carbocycles. The van der Waals surface area contributed by atoms with E-state index in [1.807, 2.05) is 17.2 Å². The molecule has 2 aromatic heterocycles. The highest BCUT2D eigenvalue weighted by molar-refractivity contribution is 5.79. The number of aryl methyl sites for hydroxylation is 1. The van der Waals surface area contributed by atoms with Crippen LogP contribution in [-0.2, 0) is 11.3 Å². The van der Waals surface area contributed by atoms with Crippen molar-refractivity contribution < 1.29 is 9.18 Å². The molecule has 6 heteroatoms. The van der Waals surface area contributed by atoms with Crippen LogP contribution in [0.2, 0.25) is 0 Å². The van der Waals surface area contributed by atoms with E-state index >= 15 is 0 Å². The van der Waals surface area contributed by atoms with Gasteiger partial charge in [-0.25, -0.2) is 4.39 Å². The molecule has 27 heavy (non-hydrogen) atoms. The van der Waals surface area contributed by atoms with E-state index in [0.29, 0.717) is 30.4 Å². The van der Waals surface area contributed by atoms with E-state index in [4.69, 9.17) is 0 Å². The molecule has 0 atom stereocenters. The molecule has 0 spiro atoms. The Labute approximate surface area is 157 Å². The van der Waals surface area contributed by atoms with Crippen LogP contribution in [-0.4, -0.2) is 32.9 Å². The van der Waals surface area contributed by atoms with Crippen LogP contribution in [0.5, 0.6) is 0 Å². The highest BCUT2D eigenvalue weighted by Crippen LogP contribution is 2.18. The van der Waals surface area contributed by atoms with Gasteiger partial charge in [0.15, 0.2) is 0 Å². The summed E-state index contributed by atoms with van der Waals surface area (Å²) in [5.74, 6) is -0.216. The van der Waals surface area contributed by atoms with E-state index in [2.05, 4.69) is 0 Å². The first-order valence-corrected chi connectivity index (χ1v) is 9.72. The summed E-state index contributed by atoms with van der Waals surface area (Å²) in [6.07, 6.45) is 7.31. The third-order valence-electron chi connectivity index (χ3n) is 5.43. The molecule has 1 amide bonds. The maximum Gasteiger partial charge on any atom is 0.275 e. The third-order valence-corrected chi connectivity index (χ3v) is 5.43. The number of benzene rings is 1. The van der Waals surface area contributed by atoms with Crippen molar-refractivity contribution in [3.63, 3.8) is 0 Å². The number of hydrogen-bond acceptors (Lipinski definition) is 2. The van der Waals surface area contributed by atoms with E-state index in [9.17, 15) is 14.0 Å². The van der Waals surface area contributed by atoms with E-state index < -0.39 is 0 Å². The standard InChI is InChI=1S/C21H24FN3O2/c22-16-9-10-17-19(15-16)25(21(27)18-7-5-13-24(17)18)14-6-8-20(26)23-11-3-1-2-4-12-23/h5,7,9-10,13,15H,1-4,6,8,11-12,14H2. The first-order valence-electron chi connectivity index (χ1n) is 9.72. The smallest absolute Gasteiger partial charge is 0.275 e.